The van der Waals surface area contributed by atoms with Crippen LogP contribution < -0.4 is 14.9 Å². The summed E-state index contributed by atoms with van der Waals surface area (Å²) in [6, 6.07) is 24.9. The van der Waals surface area contributed by atoms with Crippen LogP contribution in [0.2, 0.25) is 0 Å². The largest absolute Gasteiger partial charge is 0.494 e. The topological polar surface area (TPSA) is 72.8 Å². The second-order valence-electron chi connectivity index (χ2n) is 8.30. The fraction of sp³-hybridized carbons (Fsp3) is 0.100. The van der Waals surface area contributed by atoms with Gasteiger partial charge in [-0.1, -0.05) is 30.3 Å². The first-order chi connectivity index (χ1) is 18.1. The zero-order valence-corrected chi connectivity index (χ0v) is 20.1. The normalized spacial score (nSPS) is 14.7. The van der Waals surface area contributed by atoms with Gasteiger partial charge >= 0.3 is 0 Å². The highest BCUT2D eigenvalue weighted by atomic mass is 19.1. The number of nitrogens with one attached hydrogen (secondary N) is 1. The Morgan fingerprint density at radius 3 is 2.49 bits per heavy atom. The molecule has 0 aliphatic carbocycles. The number of carbonyl (C=O) groups excluding carboxylic acids is 1. The summed E-state index contributed by atoms with van der Waals surface area (Å²) in [7, 11) is 0. The van der Waals surface area contributed by atoms with Crippen molar-refractivity contribution in [1.82, 2.24) is 10.4 Å². The number of fused-ring (bicyclic) bond motifs is 1. The smallest absolute Gasteiger partial charge is 0.271 e. The lowest BCUT2D eigenvalue weighted by Crippen LogP contribution is -2.21. The zero-order valence-electron chi connectivity index (χ0n) is 20.1. The van der Waals surface area contributed by atoms with Crippen LogP contribution in [0.4, 0.5) is 4.39 Å². The van der Waals surface area contributed by atoms with Crippen molar-refractivity contribution in [3.8, 4) is 11.5 Å². The number of amides is 1. The number of allylic oxidation sites excluding steroid dienone is 1. The van der Waals surface area contributed by atoms with Crippen LogP contribution >= 0.6 is 0 Å². The summed E-state index contributed by atoms with van der Waals surface area (Å²) in [5.74, 6) is 1.03. The van der Waals surface area contributed by atoms with E-state index in [0.717, 1.165) is 22.4 Å². The molecule has 0 spiro atoms. The Balaban J connectivity index is 1.60. The molecule has 0 radical (unpaired) electrons. The summed E-state index contributed by atoms with van der Waals surface area (Å²) in [6.07, 6.45) is 4.68. The van der Waals surface area contributed by atoms with Gasteiger partial charge in [-0.25, -0.2) is 9.82 Å². The van der Waals surface area contributed by atoms with E-state index in [1.807, 2.05) is 55.5 Å². The molecule has 1 aromatic heterocycles. The highest BCUT2D eigenvalue weighted by Crippen LogP contribution is 2.45. The highest BCUT2D eigenvalue weighted by Gasteiger charge is 2.31. The molecule has 0 unspecified atom stereocenters. The van der Waals surface area contributed by atoms with Crippen molar-refractivity contribution in [2.75, 3.05) is 6.61 Å². The minimum atomic E-state index is -0.364. The minimum Gasteiger partial charge on any atom is -0.494 e. The first kappa shape index (κ1) is 23.9. The van der Waals surface area contributed by atoms with Gasteiger partial charge in [-0.05, 0) is 67.1 Å². The molecule has 37 heavy (non-hydrogen) atoms. The number of carbonyl (C=O) groups is 1. The summed E-state index contributed by atoms with van der Waals surface area (Å²) in [4.78, 5) is 16.5. The fourth-order valence-corrected chi connectivity index (χ4v) is 4.25. The number of pyridine rings is 1. The van der Waals surface area contributed by atoms with Gasteiger partial charge in [0.15, 0.2) is 0 Å². The van der Waals surface area contributed by atoms with Gasteiger partial charge in [0, 0.05) is 40.6 Å². The Labute approximate surface area is 214 Å². The third kappa shape index (κ3) is 5.26. The van der Waals surface area contributed by atoms with Crippen molar-refractivity contribution < 1.29 is 18.7 Å². The quantitative estimate of drug-likeness (QED) is 0.254. The summed E-state index contributed by atoms with van der Waals surface area (Å²) >= 11 is 0. The number of hydrazone groups is 1. The van der Waals surface area contributed by atoms with Gasteiger partial charge in [0.25, 0.3) is 5.91 Å². The Morgan fingerprint density at radius 1 is 1.03 bits per heavy atom. The van der Waals surface area contributed by atoms with E-state index in [1.165, 1.54) is 12.1 Å². The number of hydrogen-bond acceptors (Lipinski definition) is 5. The van der Waals surface area contributed by atoms with E-state index in [4.69, 9.17) is 9.47 Å². The van der Waals surface area contributed by atoms with E-state index in [-0.39, 0.29) is 17.6 Å². The molecule has 5 rings (SSSR count). The number of hydrogen-bond donors (Lipinski definition) is 1. The molecular weight excluding hydrogens is 469 g/mol. The minimum absolute atomic E-state index is 0.311. The van der Waals surface area contributed by atoms with Gasteiger partial charge < -0.3 is 9.47 Å². The molecule has 3 aromatic carbocycles. The first-order valence-corrected chi connectivity index (χ1v) is 11.9. The lowest BCUT2D eigenvalue weighted by Gasteiger charge is -2.30. The van der Waals surface area contributed by atoms with Crippen LogP contribution in [-0.4, -0.2) is 23.7 Å². The average molecular weight is 494 g/mol. The highest BCUT2D eigenvalue weighted by molar-refractivity contribution is 5.97. The monoisotopic (exact) mass is 493 g/mol. The molecule has 1 aliphatic rings. The molecule has 1 atom stereocenters. The van der Waals surface area contributed by atoms with E-state index in [9.17, 15) is 9.18 Å². The van der Waals surface area contributed by atoms with Crippen molar-refractivity contribution in [1.29, 1.82) is 0 Å². The number of ether oxygens (including phenoxy) is 2. The molecular formula is C30H24FN3O3. The molecule has 0 fully saturated rings. The molecule has 2 heterocycles. The van der Waals surface area contributed by atoms with Gasteiger partial charge in [-0.3, -0.25) is 9.78 Å². The number of nitrogens with zero attached hydrogens (tertiary/aromatic N) is 2. The van der Waals surface area contributed by atoms with Gasteiger partial charge in [-0.2, -0.15) is 5.10 Å². The Kier molecular flexibility index (Phi) is 7.03. The SMILES string of the molecule is CCOc1ccc(C2=C(/C=N/NC(=O)c3ccncc3)[C@H](c3ccc(F)cc3)c3ccccc3O2)cc1. The summed E-state index contributed by atoms with van der Waals surface area (Å²) in [6.45, 7) is 2.49. The summed E-state index contributed by atoms with van der Waals surface area (Å²) in [5, 5.41) is 4.28. The van der Waals surface area contributed by atoms with Crippen LogP contribution in [-0.2, 0) is 0 Å². The molecule has 1 amide bonds. The number of benzene rings is 3. The zero-order chi connectivity index (χ0) is 25.6. The van der Waals surface area contributed by atoms with Gasteiger partial charge in [0.2, 0.25) is 0 Å². The summed E-state index contributed by atoms with van der Waals surface area (Å²) < 4.78 is 25.8. The Hall–Kier alpha value is -4.78. The van der Waals surface area contributed by atoms with Crippen molar-refractivity contribution in [3.63, 3.8) is 0 Å². The number of para-hydroxylation sites is 1. The average Bonchev–Trinajstić information content (AvgIpc) is 2.94. The van der Waals surface area contributed by atoms with Crippen molar-refractivity contribution >= 4 is 17.9 Å². The number of halogens is 1. The first-order valence-electron chi connectivity index (χ1n) is 11.9. The summed E-state index contributed by atoms with van der Waals surface area (Å²) in [5.41, 5.74) is 6.32. The number of rotatable bonds is 7. The maximum atomic E-state index is 13.8. The van der Waals surface area contributed by atoms with E-state index < -0.39 is 0 Å². The molecule has 0 saturated carbocycles. The van der Waals surface area contributed by atoms with Crippen LogP contribution in [0.5, 0.6) is 11.5 Å². The molecule has 7 heteroatoms. The molecule has 4 aromatic rings. The second kappa shape index (κ2) is 10.9. The fourth-order valence-electron chi connectivity index (χ4n) is 4.25. The van der Waals surface area contributed by atoms with Crippen LogP contribution in [0.1, 0.15) is 39.9 Å². The molecule has 184 valence electrons. The maximum Gasteiger partial charge on any atom is 0.271 e. The van der Waals surface area contributed by atoms with Gasteiger partial charge in [0.1, 0.15) is 23.1 Å². The standard InChI is InChI=1S/C30H24FN3O3/c1-2-36-24-13-9-21(10-14-24)29-26(19-33-34-30(35)22-15-17-32-18-16-22)28(20-7-11-23(31)12-8-20)25-5-3-4-6-27(25)37-29/h3-19,28H,2H2,1H3,(H,34,35)/b33-19+/t28-/m1/s1. The van der Waals surface area contributed by atoms with E-state index >= 15 is 0 Å². The van der Waals surface area contributed by atoms with E-state index in [0.29, 0.717) is 29.3 Å². The van der Waals surface area contributed by atoms with Crippen LogP contribution in [0.3, 0.4) is 0 Å². The molecule has 1 N–H and O–H groups in total. The van der Waals surface area contributed by atoms with Crippen molar-refractivity contribution in [2.24, 2.45) is 5.10 Å². The van der Waals surface area contributed by atoms with E-state index in [2.05, 4.69) is 15.5 Å². The van der Waals surface area contributed by atoms with Gasteiger partial charge in [0.05, 0.1) is 12.8 Å². The third-order valence-electron chi connectivity index (χ3n) is 5.96. The van der Waals surface area contributed by atoms with Crippen molar-refractivity contribution in [3.05, 3.63) is 131 Å². The molecule has 1 aliphatic heterocycles. The van der Waals surface area contributed by atoms with Crippen molar-refractivity contribution in [2.45, 2.75) is 12.8 Å². The Morgan fingerprint density at radius 2 is 1.76 bits per heavy atom. The van der Waals surface area contributed by atoms with E-state index in [1.54, 1.807) is 42.9 Å². The Bertz CT molecular complexity index is 1450. The number of aromatic nitrogens is 1. The predicted molar refractivity (Wildman–Crippen MR) is 140 cm³/mol. The molecule has 6 nitrogen and oxygen atoms in total. The predicted octanol–water partition coefficient (Wildman–Crippen LogP) is 5.97. The maximum absolute atomic E-state index is 13.8. The van der Waals surface area contributed by atoms with Gasteiger partial charge in [-0.15, -0.1) is 0 Å². The lowest BCUT2D eigenvalue weighted by molar-refractivity contribution is 0.0955. The lowest BCUT2D eigenvalue weighted by atomic mass is 9.81. The van der Waals surface area contributed by atoms with Crippen LogP contribution in [0, 0.1) is 5.82 Å². The second-order valence-corrected chi connectivity index (χ2v) is 8.30. The third-order valence-corrected chi connectivity index (χ3v) is 5.96. The van der Waals surface area contributed by atoms with Crippen LogP contribution in [0.25, 0.3) is 5.76 Å². The molecule has 0 saturated heterocycles. The molecule has 0 bridgehead atoms. The van der Waals surface area contributed by atoms with Crippen LogP contribution in [0.15, 0.2) is 108 Å².